The molecular weight excluding hydrogens is 592 g/mol. The maximum Gasteiger partial charge on any atom is 0.0677 e. The molecule has 0 spiro atoms. The van der Waals surface area contributed by atoms with Gasteiger partial charge in [-0.05, 0) is 6.42 Å². The first kappa shape index (κ1) is 21.6. The van der Waals surface area contributed by atoms with Crippen LogP contribution in [0.5, 0.6) is 0 Å². The van der Waals surface area contributed by atoms with Crippen LogP contribution < -0.4 is 0 Å². The van der Waals surface area contributed by atoms with Crippen molar-refractivity contribution in [2.75, 3.05) is 6.54 Å². The van der Waals surface area contributed by atoms with E-state index in [4.69, 9.17) is 0 Å². The van der Waals surface area contributed by atoms with Crippen molar-refractivity contribution >= 4 is 12.1 Å². The van der Waals surface area contributed by atoms with Gasteiger partial charge < -0.3 is 33.2 Å². The third-order valence-electron chi connectivity index (χ3n) is 4.09. The second kappa shape index (κ2) is 9.05. The van der Waals surface area contributed by atoms with Gasteiger partial charge in [-0.15, -0.1) is 13.0 Å². The summed E-state index contributed by atoms with van der Waals surface area (Å²) in [6.07, 6.45) is 9.25. The van der Waals surface area contributed by atoms with Crippen molar-refractivity contribution in [2.45, 2.75) is 32.2 Å². The number of nitrogens with zero attached hydrogens (tertiary/aromatic N) is 1. The summed E-state index contributed by atoms with van der Waals surface area (Å²) in [4.78, 5) is 25.5. The number of hydrogen-bond acceptors (Lipinski definition) is 3. The number of ketones is 1. The predicted molar refractivity (Wildman–Crippen MR) is 63.3 cm³/mol. The van der Waals surface area contributed by atoms with Crippen LogP contribution >= 0.6 is 0 Å². The van der Waals surface area contributed by atoms with Crippen LogP contribution in [-0.4, -0.2) is 29.6 Å². The van der Waals surface area contributed by atoms with Crippen LogP contribution in [0.15, 0.2) is 11.3 Å². The minimum absolute atomic E-state index is 0. The summed E-state index contributed by atoms with van der Waals surface area (Å²) in [6.45, 7) is 3.06. The van der Waals surface area contributed by atoms with Crippen LogP contribution in [0.3, 0.4) is 0 Å². The first-order chi connectivity index (χ1) is 8.22. The van der Waals surface area contributed by atoms with Gasteiger partial charge in [-0.1, -0.05) is 24.1 Å². The van der Waals surface area contributed by atoms with Crippen LogP contribution in [0.25, 0.3) is 0 Å². The summed E-state index contributed by atoms with van der Waals surface area (Å²) in [6, 6.07) is 0.185. The van der Waals surface area contributed by atoms with Crippen LogP contribution in [0.2, 0.25) is 0 Å². The van der Waals surface area contributed by atoms with Crippen molar-refractivity contribution in [3.05, 3.63) is 24.1 Å². The number of allylic oxidation sites excluding steroid dienone is 2. The molecule has 6 heteroatoms. The van der Waals surface area contributed by atoms with E-state index in [1.165, 1.54) is 0 Å². The van der Waals surface area contributed by atoms with E-state index in [0.29, 0.717) is 11.5 Å². The second-order valence-electron chi connectivity index (χ2n) is 5.20. The zero-order valence-electron chi connectivity index (χ0n) is 11.5. The fraction of sp³-hybridized carbons (Fsp3) is 0.571. The van der Waals surface area contributed by atoms with E-state index in [2.05, 4.69) is 24.7 Å². The minimum atomic E-state index is -0.122. The molecule has 0 N–H and O–H groups in total. The van der Waals surface area contributed by atoms with E-state index in [1.54, 1.807) is 0 Å². The Hall–Kier alpha value is 1.62. The largest absolute Gasteiger partial charge is 0.454 e. The summed E-state index contributed by atoms with van der Waals surface area (Å²) in [5.41, 5.74) is 1.25. The topological polar surface area (TPSA) is 37.4 Å². The van der Waals surface area contributed by atoms with E-state index >= 15 is 0 Å². The molecule has 0 aromatic rings. The Labute approximate surface area is 181 Å². The molecule has 20 heavy (non-hydrogen) atoms. The van der Waals surface area contributed by atoms with E-state index in [-0.39, 0.29) is 100 Å². The van der Waals surface area contributed by atoms with E-state index in [9.17, 15) is 9.59 Å². The van der Waals surface area contributed by atoms with Gasteiger partial charge in [0.2, 0.25) is 0 Å². The Balaban J connectivity index is 0.00000120. The number of carbonyl (C=O) groups excluding carboxylic acids is 2. The van der Waals surface area contributed by atoms with Gasteiger partial charge in [-0.3, -0.25) is 0 Å². The third-order valence-corrected chi connectivity index (χ3v) is 4.09. The predicted octanol–water partition coefficient (Wildman–Crippen LogP) is 1.46. The molecule has 2 fully saturated rings. The van der Waals surface area contributed by atoms with Gasteiger partial charge in [0, 0.05) is 94.7 Å². The fourth-order valence-corrected chi connectivity index (χ4v) is 3.34. The van der Waals surface area contributed by atoms with Crippen LogP contribution in [0, 0.1) is 55.8 Å². The average Bonchev–Trinajstić information content (AvgIpc) is 2.72. The van der Waals surface area contributed by atoms with Crippen molar-refractivity contribution in [1.29, 1.82) is 0 Å². The van der Waals surface area contributed by atoms with Crippen molar-refractivity contribution in [3.8, 4) is 0 Å². The molecule has 1 saturated heterocycles. The molecule has 3 rings (SSSR count). The molecule has 3 nitrogen and oxygen atoms in total. The SMILES string of the molecule is CC1[CH-]C2C(=O)C([C-]=O)=C3CCCCN3C2[CH-]1.[U].[V].[Y]. The number of carbonyl (C=O) groups is 1. The molecule has 104 valence electrons. The molecule has 1 aliphatic carbocycles. The van der Waals surface area contributed by atoms with Crippen molar-refractivity contribution in [2.24, 2.45) is 11.8 Å². The third kappa shape index (κ3) is 3.74. The zero-order chi connectivity index (χ0) is 12.0. The summed E-state index contributed by atoms with van der Waals surface area (Å²) < 4.78 is 0. The zero-order valence-corrected chi connectivity index (χ0v) is 19.9. The standard InChI is InChI=1S/C14H16NO2.U.V.Y/c1-9-6-10-13(7-9)15-5-3-2-4-12(15)11(8-16)14(10)17;;;/h6-7,9-10,13H,2-5H2,1H3;;;/q-3;;;. The number of rotatable bonds is 1. The van der Waals surface area contributed by atoms with E-state index in [0.717, 1.165) is 31.5 Å². The Bertz CT molecular complexity index is 416. The van der Waals surface area contributed by atoms with E-state index < -0.39 is 0 Å². The summed E-state index contributed by atoms with van der Waals surface area (Å²) in [5, 5.41) is 0. The molecular formula is C14H16NO2UVY-3. The molecule has 0 aromatic carbocycles. The number of piperidine rings is 1. The molecule has 3 aliphatic rings. The van der Waals surface area contributed by atoms with Crippen LogP contribution in [0.4, 0.5) is 0 Å². The average molecular weight is 608 g/mol. The first-order valence-electron chi connectivity index (χ1n) is 6.34. The Morgan fingerprint density at radius 3 is 2.65 bits per heavy atom. The van der Waals surface area contributed by atoms with Gasteiger partial charge in [0.05, 0.1) is 6.29 Å². The molecule has 1 saturated carbocycles. The smallest absolute Gasteiger partial charge is 0.0677 e. The van der Waals surface area contributed by atoms with Crippen LogP contribution in [0.1, 0.15) is 26.2 Å². The Morgan fingerprint density at radius 2 is 2.00 bits per heavy atom. The van der Waals surface area contributed by atoms with Crippen molar-refractivity contribution in [3.63, 3.8) is 0 Å². The molecule has 2 radical (unpaired) electrons. The number of hydrogen-bond donors (Lipinski definition) is 0. The minimum Gasteiger partial charge on any atom is -0.454 e. The fourth-order valence-electron chi connectivity index (χ4n) is 3.34. The van der Waals surface area contributed by atoms with Crippen molar-refractivity contribution in [1.82, 2.24) is 4.90 Å². The second-order valence-corrected chi connectivity index (χ2v) is 5.20. The quantitative estimate of drug-likeness (QED) is 0.335. The normalized spacial score (nSPS) is 31.4. The van der Waals surface area contributed by atoms with Gasteiger partial charge in [0.25, 0.3) is 0 Å². The van der Waals surface area contributed by atoms with Crippen LogP contribution in [-0.2, 0) is 60.9 Å². The van der Waals surface area contributed by atoms with E-state index in [1.807, 2.05) is 6.29 Å². The monoisotopic (exact) mass is 608 g/mol. The molecule has 3 unspecified atom stereocenters. The van der Waals surface area contributed by atoms with Gasteiger partial charge in [0.1, 0.15) is 0 Å². The molecule has 3 atom stereocenters. The summed E-state index contributed by atoms with van der Waals surface area (Å²) in [7, 11) is 0. The number of fused-ring (bicyclic) bond motifs is 3. The van der Waals surface area contributed by atoms with Gasteiger partial charge in [0.15, 0.2) is 0 Å². The van der Waals surface area contributed by atoms with Gasteiger partial charge in [-0.25, -0.2) is 0 Å². The van der Waals surface area contributed by atoms with Gasteiger partial charge >= 0.3 is 0 Å². The van der Waals surface area contributed by atoms with Crippen molar-refractivity contribution < 1.29 is 92.0 Å². The molecule has 0 amide bonds. The molecule has 0 aromatic heterocycles. The molecule has 2 heterocycles. The first-order valence-corrected chi connectivity index (χ1v) is 6.34. The maximum absolute atomic E-state index is 12.2. The summed E-state index contributed by atoms with van der Waals surface area (Å²) >= 11 is 0. The summed E-state index contributed by atoms with van der Waals surface area (Å²) in [5.74, 6) is 0.213. The van der Waals surface area contributed by atoms with Gasteiger partial charge in [-0.2, -0.15) is 5.92 Å². The Kier molecular flexibility index (Phi) is 9.78. The number of Topliss-reactive ketones (excluding diaryl/α,β-unsaturated/α-hetero) is 1. The Morgan fingerprint density at radius 1 is 1.30 bits per heavy atom. The molecule has 0 bridgehead atoms. The molecule has 2 aliphatic heterocycles. The maximum atomic E-state index is 12.2.